The van der Waals surface area contributed by atoms with Crippen LogP contribution in [0.5, 0.6) is 0 Å². The third-order valence-corrected chi connectivity index (χ3v) is 3.83. The van der Waals surface area contributed by atoms with Crippen molar-refractivity contribution in [1.29, 1.82) is 0 Å². The van der Waals surface area contributed by atoms with E-state index in [1.54, 1.807) is 0 Å². The van der Waals surface area contributed by atoms with Crippen LogP contribution in [-0.4, -0.2) is 36.1 Å². The number of primary amides is 1. The summed E-state index contributed by atoms with van der Waals surface area (Å²) in [7, 11) is 0. The molecule has 1 atom stereocenters. The van der Waals surface area contributed by atoms with Gasteiger partial charge in [-0.25, -0.2) is 14.0 Å². The molecule has 0 bridgehead atoms. The zero-order chi connectivity index (χ0) is 14.7. The number of carbonyl (C=O) groups is 2. The zero-order valence-electron chi connectivity index (χ0n) is 10.6. The summed E-state index contributed by atoms with van der Waals surface area (Å²) in [6.45, 7) is 0.677. The van der Waals surface area contributed by atoms with E-state index >= 15 is 0 Å². The van der Waals surface area contributed by atoms with Crippen molar-refractivity contribution in [3.8, 4) is 0 Å². The van der Waals surface area contributed by atoms with E-state index in [9.17, 15) is 14.0 Å². The zero-order valence-corrected chi connectivity index (χ0v) is 12.2. The van der Waals surface area contributed by atoms with E-state index in [-0.39, 0.29) is 22.7 Å². The maximum atomic E-state index is 13.1. The van der Waals surface area contributed by atoms with E-state index in [1.165, 1.54) is 23.1 Å². The van der Waals surface area contributed by atoms with Gasteiger partial charge in [-0.3, -0.25) is 0 Å². The number of halogens is 2. The molecular weight excluding hydrogens is 331 g/mol. The highest BCUT2D eigenvalue weighted by molar-refractivity contribution is 9.10. The van der Waals surface area contributed by atoms with E-state index in [2.05, 4.69) is 15.9 Å². The Labute approximate surface area is 124 Å². The minimum absolute atomic E-state index is 0.0940. The second-order valence-electron chi connectivity index (χ2n) is 4.56. The monoisotopic (exact) mass is 344 g/mol. The van der Waals surface area contributed by atoms with Crippen molar-refractivity contribution in [2.75, 3.05) is 13.2 Å². The first-order valence-corrected chi connectivity index (χ1v) is 6.96. The lowest BCUT2D eigenvalue weighted by Gasteiger charge is -2.22. The van der Waals surface area contributed by atoms with Gasteiger partial charge in [0.25, 0.3) is 0 Å². The number of rotatable bonds is 3. The first-order chi connectivity index (χ1) is 9.49. The van der Waals surface area contributed by atoms with Crippen molar-refractivity contribution < 1.29 is 18.7 Å². The Balaban J connectivity index is 1.95. The van der Waals surface area contributed by atoms with E-state index in [1.807, 2.05) is 0 Å². The Morgan fingerprint density at radius 1 is 1.50 bits per heavy atom. The summed E-state index contributed by atoms with van der Waals surface area (Å²) in [4.78, 5) is 24.5. The topological polar surface area (TPSA) is 72.6 Å². The average molecular weight is 345 g/mol. The SMILES string of the molecule is NC(=O)N1CCC[C@@H]1COC(=O)c1ccc(F)c(Br)c1. The third-order valence-electron chi connectivity index (χ3n) is 3.22. The van der Waals surface area contributed by atoms with Crippen LogP contribution in [0, 0.1) is 5.82 Å². The summed E-state index contributed by atoms with van der Waals surface area (Å²) in [5.74, 6) is -1.00. The normalized spacial score (nSPS) is 18.1. The van der Waals surface area contributed by atoms with Crippen LogP contribution in [0.15, 0.2) is 22.7 Å². The van der Waals surface area contributed by atoms with Gasteiger partial charge in [-0.1, -0.05) is 0 Å². The standard InChI is InChI=1S/C13H14BrFN2O3/c14-10-6-8(3-4-11(10)15)12(18)20-7-9-2-1-5-17(9)13(16)19/h3-4,6,9H,1-2,5,7H2,(H2,16,19)/t9-/m1/s1. The van der Waals surface area contributed by atoms with Crippen molar-refractivity contribution >= 4 is 27.9 Å². The Bertz CT molecular complexity index is 538. The fourth-order valence-electron chi connectivity index (χ4n) is 2.18. The molecule has 0 radical (unpaired) electrons. The molecule has 0 unspecified atom stereocenters. The first-order valence-electron chi connectivity index (χ1n) is 6.17. The number of likely N-dealkylation sites (tertiary alicyclic amines) is 1. The lowest BCUT2D eigenvalue weighted by molar-refractivity contribution is 0.0422. The number of benzene rings is 1. The van der Waals surface area contributed by atoms with Gasteiger partial charge in [-0.15, -0.1) is 0 Å². The third kappa shape index (κ3) is 3.27. The summed E-state index contributed by atoms with van der Waals surface area (Å²) < 4.78 is 18.4. The van der Waals surface area contributed by atoms with Crippen LogP contribution < -0.4 is 5.73 Å². The van der Waals surface area contributed by atoms with Gasteiger partial charge in [0, 0.05) is 6.54 Å². The molecule has 0 aromatic heterocycles. The molecule has 1 aliphatic heterocycles. The van der Waals surface area contributed by atoms with E-state index in [0.29, 0.717) is 6.54 Å². The molecule has 1 saturated heterocycles. The number of esters is 1. The van der Waals surface area contributed by atoms with E-state index in [4.69, 9.17) is 10.5 Å². The van der Waals surface area contributed by atoms with Crippen molar-refractivity contribution in [3.63, 3.8) is 0 Å². The predicted octanol–water partition coefficient (Wildman–Crippen LogP) is 2.29. The summed E-state index contributed by atoms with van der Waals surface area (Å²) >= 11 is 3.01. The number of hydrogen-bond donors (Lipinski definition) is 1. The van der Waals surface area contributed by atoms with Crippen molar-refractivity contribution in [3.05, 3.63) is 34.1 Å². The second-order valence-corrected chi connectivity index (χ2v) is 5.41. The number of hydrogen-bond acceptors (Lipinski definition) is 3. The molecule has 2 rings (SSSR count). The number of carbonyl (C=O) groups excluding carboxylic acids is 2. The fourth-order valence-corrected chi connectivity index (χ4v) is 2.56. The highest BCUT2D eigenvalue weighted by atomic mass is 79.9. The predicted molar refractivity (Wildman–Crippen MR) is 73.7 cm³/mol. The van der Waals surface area contributed by atoms with Crippen LogP contribution in [0.1, 0.15) is 23.2 Å². The van der Waals surface area contributed by atoms with Crippen molar-refractivity contribution in [1.82, 2.24) is 4.90 Å². The summed E-state index contributed by atoms with van der Waals surface area (Å²) in [6, 6.07) is 3.21. The highest BCUT2D eigenvalue weighted by Gasteiger charge is 2.28. The maximum absolute atomic E-state index is 13.1. The molecule has 1 aromatic carbocycles. The minimum atomic E-state index is -0.554. The quantitative estimate of drug-likeness (QED) is 0.855. The Morgan fingerprint density at radius 3 is 2.90 bits per heavy atom. The molecule has 5 nitrogen and oxygen atoms in total. The van der Waals surface area contributed by atoms with Crippen LogP contribution in [0.25, 0.3) is 0 Å². The Kier molecular flexibility index (Phi) is 4.59. The minimum Gasteiger partial charge on any atom is -0.460 e. The molecule has 0 spiro atoms. The van der Waals surface area contributed by atoms with Gasteiger partial charge in [0.15, 0.2) is 0 Å². The average Bonchev–Trinajstić information content (AvgIpc) is 2.87. The van der Waals surface area contributed by atoms with Gasteiger partial charge in [0.1, 0.15) is 12.4 Å². The van der Waals surface area contributed by atoms with Gasteiger partial charge in [0.05, 0.1) is 16.1 Å². The fraction of sp³-hybridized carbons (Fsp3) is 0.385. The molecule has 0 aliphatic carbocycles. The molecule has 108 valence electrons. The molecule has 1 fully saturated rings. The van der Waals surface area contributed by atoms with Gasteiger partial charge in [-0.05, 0) is 47.0 Å². The molecule has 1 aromatic rings. The van der Waals surface area contributed by atoms with Crippen molar-refractivity contribution in [2.24, 2.45) is 5.73 Å². The lowest BCUT2D eigenvalue weighted by atomic mass is 10.2. The molecule has 0 saturated carbocycles. The molecule has 7 heteroatoms. The maximum Gasteiger partial charge on any atom is 0.338 e. The van der Waals surface area contributed by atoms with Gasteiger partial charge >= 0.3 is 12.0 Å². The van der Waals surface area contributed by atoms with E-state index < -0.39 is 17.8 Å². The summed E-state index contributed by atoms with van der Waals surface area (Å²) in [5.41, 5.74) is 5.49. The largest absolute Gasteiger partial charge is 0.460 e. The molecular formula is C13H14BrFN2O3. The highest BCUT2D eigenvalue weighted by Crippen LogP contribution is 2.19. The lowest BCUT2D eigenvalue weighted by Crippen LogP contribution is -2.41. The van der Waals surface area contributed by atoms with Crippen LogP contribution in [0.2, 0.25) is 0 Å². The van der Waals surface area contributed by atoms with Crippen LogP contribution >= 0.6 is 15.9 Å². The molecule has 20 heavy (non-hydrogen) atoms. The molecule has 1 heterocycles. The van der Waals surface area contributed by atoms with Gasteiger partial charge in [0.2, 0.25) is 0 Å². The Hall–Kier alpha value is -1.63. The summed E-state index contributed by atoms with van der Waals surface area (Å²) in [6.07, 6.45) is 1.59. The van der Waals surface area contributed by atoms with Gasteiger partial charge in [-0.2, -0.15) is 0 Å². The van der Waals surface area contributed by atoms with Crippen molar-refractivity contribution in [2.45, 2.75) is 18.9 Å². The number of nitrogens with two attached hydrogens (primary N) is 1. The van der Waals surface area contributed by atoms with Crippen LogP contribution in [0.4, 0.5) is 9.18 Å². The number of nitrogens with zero attached hydrogens (tertiary/aromatic N) is 1. The number of urea groups is 1. The molecule has 2 N–H and O–H groups in total. The van der Waals surface area contributed by atoms with E-state index in [0.717, 1.165) is 12.8 Å². The smallest absolute Gasteiger partial charge is 0.338 e. The Morgan fingerprint density at radius 2 is 2.25 bits per heavy atom. The van der Waals surface area contributed by atoms with Crippen LogP contribution in [-0.2, 0) is 4.74 Å². The first kappa shape index (κ1) is 14.8. The van der Waals surface area contributed by atoms with Gasteiger partial charge < -0.3 is 15.4 Å². The molecule has 1 aliphatic rings. The number of amides is 2. The summed E-state index contributed by atoms with van der Waals surface area (Å²) in [5, 5.41) is 0. The van der Waals surface area contributed by atoms with Crippen LogP contribution in [0.3, 0.4) is 0 Å². The molecule has 2 amide bonds. The number of ether oxygens (including phenoxy) is 1. The second kappa shape index (κ2) is 6.21.